The SMILES string of the molecule is COc1ccc(N(C)C(=O)c2cccc(NC(N)=O)c2)cn1. The van der Waals surface area contributed by atoms with Gasteiger partial charge in [0.2, 0.25) is 5.88 Å². The molecule has 3 N–H and O–H groups in total. The van der Waals surface area contributed by atoms with Crippen LogP contribution in [0.3, 0.4) is 0 Å². The molecule has 0 saturated carbocycles. The largest absolute Gasteiger partial charge is 0.481 e. The molecule has 0 atom stereocenters. The Morgan fingerprint density at radius 1 is 1.27 bits per heavy atom. The summed E-state index contributed by atoms with van der Waals surface area (Å²) in [5.74, 6) is 0.234. The summed E-state index contributed by atoms with van der Waals surface area (Å²) in [6.45, 7) is 0. The number of pyridine rings is 1. The van der Waals surface area contributed by atoms with Crippen molar-refractivity contribution in [3.63, 3.8) is 0 Å². The van der Waals surface area contributed by atoms with Crippen molar-refractivity contribution >= 4 is 23.3 Å². The van der Waals surface area contributed by atoms with Crippen molar-refractivity contribution in [3.05, 3.63) is 48.2 Å². The first-order valence-electron chi connectivity index (χ1n) is 6.46. The summed E-state index contributed by atoms with van der Waals surface area (Å²) in [5, 5.41) is 2.43. The number of benzene rings is 1. The van der Waals surface area contributed by atoms with E-state index in [1.165, 1.54) is 12.0 Å². The molecule has 7 nitrogen and oxygen atoms in total. The zero-order valence-corrected chi connectivity index (χ0v) is 12.2. The summed E-state index contributed by atoms with van der Waals surface area (Å²) >= 11 is 0. The van der Waals surface area contributed by atoms with Gasteiger partial charge in [0.1, 0.15) is 0 Å². The first-order chi connectivity index (χ1) is 10.5. The molecule has 0 aliphatic carbocycles. The van der Waals surface area contributed by atoms with Gasteiger partial charge in [-0.25, -0.2) is 9.78 Å². The van der Waals surface area contributed by atoms with E-state index in [2.05, 4.69) is 10.3 Å². The number of carbonyl (C=O) groups is 2. The van der Waals surface area contributed by atoms with E-state index in [9.17, 15) is 9.59 Å². The molecule has 114 valence electrons. The minimum atomic E-state index is -0.683. The number of hydrogen-bond donors (Lipinski definition) is 2. The maximum atomic E-state index is 12.5. The predicted molar refractivity (Wildman–Crippen MR) is 83.2 cm³/mol. The van der Waals surface area contributed by atoms with E-state index >= 15 is 0 Å². The number of hydrogen-bond acceptors (Lipinski definition) is 4. The highest BCUT2D eigenvalue weighted by atomic mass is 16.5. The lowest BCUT2D eigenvalue weighted by molar-refractivity contribution is 0.0993. The zero-order chi connectivity index (χ0) is 16.1. The summed E-state index contributed by atoms with van der Waals surface area (Å²) in [6.07, 6.45) is 1.54. The van der Waals surface area contributed by atoms with Crippen LogP contribution < -0.4 is 20.7 Å². The maximum absolute atomic E-state index is 12.5. The molecule has 22 heavy (non-hydrogen) atoms. The average molecular weight is 300 g/mol. The van der Waals surface area contributed by atoms with Crippen LogP contribution in [0.25, 0.3) is 0 Å². The fourth-order valence-electron chi connectivity index (χ4n) is 1.87. The lowest BCUT2D eigenvalue weighted by Gasteiger charge is -2.17. The van der Waals surface area contributed by atoms with Crippen molar-refractivity contribution < 1.29 is 14.3 Å². The highest BCUT2D eigenvalue weighted by Crippen LogP contribution is 2.18. The van der Waals surface area contributed by atoms with Crippen LogP contribution in [0, 0.1) is 0 Å². The molecule has 2 aromatic rings. The highest BCUT2D eigenvalue weighted by molar-refractivity contribution is 6.06. The first kappa shape index (κ1) is 15.3. The van der Waals surface area contributed by atoms with Gasteiger partial charge in [-0.3, -0.25) is 4.79 Å². The van der Waals surface area contributed by atoms with Crippen molar-refractivity contribution in [2.75, 3.05) is 24.4 Å². The molecule has 3 amide bonds. The number of anilines is 2. The number of nitrogens with zero attached hydrogens (tertiary/aromatic N) is 2. The third-order valence-electron chi connectivity index (χ3n) is 3.00. The quantitative estimate of drug-likeness (QED) is 0.900. The number of urea groups is 1. The van der Waals surface area contributed by atoms with Gasteiger partial charge in [0, 0.05) is 24.4 Å². The van der Waals surface area contributed by atoms with Crippen LogP contribution in [-0.2, 0) is 0 Å². The Hall–Kier alpha value is -3.09. The van der Waals surface area contributed by atoms with Crippen LogP contribution in [0.15, 0.2) is 42.6 Å². The van der Waals surface area contributed by atoms with Crippen LogP contribution in [0.1, 0.15) is 10.4 Å². The monoisotopic (exact) mass is 300 g/mol. The maximum Gasteiger partial charge on any atom is 0.316 e. The van der Waals surface area contributed by atoms with E-state index in [4.69, 9.17) is 10.5 Å². The summed E-state index contributed by atoms with van der Waals surface area (Å²) < 4.78 is 4.98. The minimum Gasteiger partial charge on any atom is -0.481 e. The number of nitrogens with one attached hydrogen (secondary N) is 1. The molecule has 1 aromatic carbocycles. The Balaban J connectivity index is 2.20. The molecule has 0 unspecified atom stereocenters. The third-order valence-corrected chi connectivity index (χ3v) is 3.00. The second-order valence-electron chi connectivity index (χ2n) is 4.49. The molecule has 0 aliphatic rings. The van der Waals surface area contributed by atoms with Crippen LogP contribution in [0.5, 0.6) is 5.88 Å². The smallest absolute Gasteiger partial charge is 0.316 e. The molecule has 0 aliphatic heterocycles. The van der Waals surface area contributed by atoms with Gasteiger partial charge in [0.25, 0.3) is 5.91 Å². The number of carbonyl (C=O) groups excluding carboxylic acids is 2. The van der Waals surface area contributed by atoms with E-state index in [0.717, 1.165) is 0 Å². The van der Waals surface area contributed by atoms with Gasteiger partial charge in [-0.05, 0) is 24.3 Å². The third kappa shape index (κ3) is 3.51. The van der Waals surface area contributed by atoms with E-state index in [1.54, 1.807) is 49.6 Å². The second-order valence-corrected chi connectivity index (χ2v) is 4.49. The number of amides is 3. The molecule has 1 heterocycles. The van der Waals surface area contributed by atoms with Gasteiger partial charge in [-0.2, -0.15) is 0 Å². The summed E-state index contributed by atoms with van der Waals surface area (Å²) in [5.41, 5.74) is 6.57. The standard InChI is InChI=1S/C15H16N4O3/c1-19(12-6-7-13(22-2)17-9-12)14(20)10-4-3-5-11(8-10)18-15(16)21/h3-9H,1-2H3,(H3,16,18,21). The van der Waals surface area contributed by atoms with E-state index in [1.807, 2.05) is 0 Å². The van der Waals surface area contributed by atoms with E-state index < -0.39 is 6.03 Å². The zero-order valence-electron chi connectivity index (χ0n) is 12.2. The van der Waals surface area contributed by atoms with Crippen molar-refractivity contribution in [2.24, 2.45) is 5.73 Å². The van der Waals surface area contributed by atoms with Crippen LogP contribution in [0.4, 0.5) is 16.2 Å². The lowest BCUT2D eigenvalue weighted by Crippen LogP contribution is -2.26. The molecule has 0 radical (unpaired) electrons. The molecular formula is C15H16N4O3. The highest BCUT2D eigenvalue weighted by Gasteiger charge is 2.14. The van der Waals surface area contributed by atoms with Gasteiger partial charge >= 0.3 is 6.03 Å². The normalized spacial score (nSPS) is 9.91. The summed E-state index contributed by atoms with van der Waals surface area (Å²) in [6, 6.07) is 9.24. The van der Waals surface area contributed by atoms with Gasteiger partial charge in [0.05, 0.1) is 19.0 Å². The minimum absolute atomic E-state index is 0.236. The van der Waals surface area contributed by atoms with Crippen LogP contribution in [-0.4, -0.2) is 31.1 Å². The van der Waals surface area contributed by atoms with Crippen molar-refractivity contribution in [3.8, 4) is 5.88 Å². The fourth-order valence-corrected chi connectivity index (χ4v) is 1.87. The molecule has 0 saturated heterocycles. The molecular weight excluding hydrogens is 284 g/mol. The number of primary amides is 1. The second kappa shape index (κ2) is 6.57. The Labute approximate surface area is 127 Å². The number of ether oxygens (including phenoxy) is 1. The molecule has 0 spiro atoms. The topological polar surface area (TPSA) is 97.5 Å². The molecule has 7 heteroatoms. The fraction of sp³-hybridized carbons (Fsp3) is 0.133. The lowest BCUT2D eigenvalue weighted by atomic mass is 10.1. The van der Waals surface area contributed by atoms with Crippen LogP contribution in [0.2, 0.25) is 0 Å². The Morgan fingerprint density at radius 3 is 2.64 bits per heavy atom. The van der Waals surface area contributed by atoms with Crippen molar-refractivity contribution in [2.45, 2.75) is 0 Å². The van der Waals surface area contributed by atoms with Gasteiger partial charge in [-0.15, -0.1) is 0 Å². The van der Waals surface area contributed by atoms with Gasteiger partial charge in [0.15, 0.2) is 0 Å². The Bertz CT molecular complexity index is 685. The number of rotatable bonds is 4. The summed E-state index contributed by atoms with van der Waals surface area (Å²) in [4.78, 5) is 28.8. The molecule has 2 rings (SSSR count). The predicted octanol–water partition coefficient (Wildman–Crippen LogP) is 1.86. The number of nitrogens with two attached hydrogens (primary N) is 1. The Kier molecular flexibility index (Phi) is 4.57. The molecule has 0 fully saturated rings. The van der Waals surface area contributed by atoms with Crippen molar-refractivity contribution in [1.82, 2.24) is 4.98 Å². The molecule has 0 bridgehead atoms. The van der Waals surface area contributed by atoms with Gasteiger partial charge in [-0.1, -0.05) is 6.07 Å². The summed E-state index contributed by atoms with van der Waals surface area (Å²) in [7, 11) is 3.16. The molecule has 1 aromatic heterocycles. The van der Waals surface area contributed by atoms with E-state index in [-0.39, 0.29) is 5.91 Å². The Morgan fingerprint density at radius 2 is 2.05 bits per heavy atom. The van der Waals surface area contributed by atoms with Crippen molar-refractivity contribution in [1.29, 1.82) is 0 Å². The van der Waals surface area contributed by atoms with E-state index in [0.29, 0.717) is 22.8 Å². The first-order valence-corrected chi connectivity index (χ1v) is 6.46. The van der Waals surface area contributed by atoms with Crippen LogP contribution >= 0.6 is 0 Å². The van der Waals surface area contributed by atoms with Gasteiger partial charge < -0.3 is 20.7 Å². The number of aromatic nitrogens is 1. The average Bonchev–Trinajstić information content (AvgIpc) is 2.53. The number of methoxy groups -OCH3 is 1.